The number of phenols is 1. The number of fused-ring (bicyclic) bond motifs is 6. The number of aliphatic hydroxyl groups excluding tert-OH is 1. The van der Waals surface area contributed by atoms with Crippen LogP contribution in [0.2, 0.25) is 0 Å². The van der Waals surface area contributed by atoms with Gasteiger partial charge in [-0.05, 0) is 110 Å². The molecule has 4 aliphatic rings. The van der Waals surface area contributed by atoms with Crippen molar-refractivity contribution in [2.75, 3.05) is 27.3 Å². The van der Waals surface area contributed by atoms with Crippen molar-refractivity contribution in [3.8, 4) is 28.1 Å². The largest absolute Gasteiger partial charge is 0.508 e. The molecule has 4 N–H and O–H groups in total. The Labute approximate surface area is 378 Å². The van der Waals surface area contributed by atoms with E-state index in [1.165, 1.54) is 21.7 Å². The van der Waals surface area contributed by atoms with Crippen LogP contribution in [0, 0.1) is 17.3 Å². The molecule has 64 heavy (non-hydrogen) atoms. The lowest BCUT2D eigenvalue weighted by atomic mass is 9.83. The van der Waals surface area contributed by atoms with Gasteiger partial charge in [0, 0.05) is 66.7 Å². The Morgan fingerprint density at radius 1 is 1.12 bits per heavy atom. The normalized spacial score (nSPS) is 24.1. The first-order valence-corrected chi connectivity index (χ1v) is 23.2. The second-order valence-corrected chi connectivity index (χ2v) is 19.9. The van der Waals surface area contributed by atoms with Crippen molar-refractivity contribution in [1.82, 2.24) is 30.2 Å². The Kier molecular flexibility index (Phi) is 12.5. The SMILES string of the molecule is CCn1c(-c2cccnc2[C@H](C)OC)c2c3cc(ccc31)-c1cc(O)cc(c1)C[C@H](NC(=O)[C@H](C(C)C)N(C)C(=O)[C@@H]1C[C@H]1O)C(=O)N1CCC[C@@](C3=CS3)(N1)C(=O)OCC(C)(C)C2. The number of carbonyl (C=O) groups excluding carboxylic acids is 4. The average molecular weight is 893 g/mol. The van der Waals surface area contributed by atoms with Gasteiger partial charge in [-0.1, -0.05) is 51.6 Å². The third kappa shape index (κ3) is 8.67. The Hall–Kier alpha value is -5.22. The van der Waals surface area contributed by atoms with Crippen molar-refractivity contribution in [2.45, 2.75) is 110 Å². The molecule has 5 heterocycles. The number of pyridine rings is 1. The summed E-state index contributed by atoms with van der Waals surface area (Å²) in [6.45, 7) is 12.9. The van der Waals surface area contributed by atoms with Gasteiger partial charge in [0.25, 0.3) is 5.91 Å². The van der Waals surface area contributed by atoms with E-state index in [2.05, 4.69) is 54.3 Å². The Balaban J connectivity index is 1.27. The Bertz CT molecular complexity index is 2530. The number of hydrogen-bond donors (Lipinski definition) is 4. The van der Waals surface area contributed by atoms with Crippen molar-refractivity contribution in [1.29, 1.82) is 0 Å². The van der Waals surface area contributed by atoms with E-state index in [4.69, 9.17) is 14.5 Å². The summed E-state index contributed by atoms with van der Waals surface area (Å²) in [5.41, 5.74) is 8.37. The van der Waals surface area contributed by atoms with Crippen LogP contribution in [0.4, 0.5) is 0 Å². The molecule has 4 aromatic rings. The molecular formula is C49H60N6O8S. The van der Waals surface area contributed by atoms with E-state index >= 15 is 0 Å². The number of methoxy groups -OCH3 is 1. The first-order valence-electron chi connectivity index (χ1n) is 22.3. The van der Waals surface area contributed by atoms with Gasteiger partial charge in [0.1, 0.15) is 17.8 Å². The zero-order chi connectivity index (χ0) is 45.8. The van der Waals surface area contributed by atoms with Gasteiger partial charge < -0.3 is 34.5 Å². The Morgan fingerprint density at radius 2 is 1.88 bits per heavy atom. The van der Waals surface area contributed by atoms with Crippen molar-refractivity contribution in [3.63, 3.8) is 0 Å². The molecular weight excluding hydrogens is 833 g/mol. The van der Waals surface area contributed by atoms with Gasteiger partial charge >= 0.3 is 5.97 Å². The number of carbonyl (C=O) groups is 4. The number of hydrogen-bond acceptors (Lipinski definition) is 11. The number of ether oxygens (including phenoxy) is 2. The number of nitrogens with zero attached hydrogens (tertiary/aromatic N) is 4. The van der Waals surface area contributed by atoms with Crippen LogP contribution in [0.3, 0.4) is 0 Å². The summed E-state index contributed by atoms with van der Waals surface area (Å²) in [4.78, 5) is 64.1. The highest BCUT2D eigenvalue weighted by molar-refractivity contribution is 8.12. The van der Waals surface area contributed by atoms with Crippen LogP contribution in [0.25, 0.3) is 33.3 Å². The molecule has 340 valence electrons. The maximum atomic E-state index is 14.9. The van der Waals surface area contributed by atoms with Crippen LogP contribution >= 0.6 is 11.8 Å². The molecule has 1 saturated heterocycles. The molecule has 3 aliphatic heterocycles. The molecule has 0 unspecified atom stereocenters. The van der Waals surface area contributed by atoms with Crippen molar-refractivity contribution < 1.29 is 38.9 Å². The highest BCUT2D eigenvalue weighted by Gasteiger charge is 2.52. The maximum absolute atomic E-state index is 14.9. The van der Waals surface area contributed by atoms with E-state index < -0.39 is 52.8 Å². The molecule has 1 aliphatic carbocycles. The van der Waals surface area contributed by atoms with Gasteiger partial charge in [-0.25, -0.2) is 10.2 Å². The quantitative estimate of drug-likeness (QED) is 0.132. The summed E-state index contributed by atoms with van der Waals surface area (Å²) in [5.74, 6) is -2.74. The van der Waals surface area contributed by atoms with E-state index in [1.54, 1.807) is 32.5 Å². The number of rotatable bonds is 10. The minimum absolute atomic E-state index is 0.00908. The maximum Gasteiger partial charge on any atom is 0.333 e. The monoisotopic (exact) mass is 892 g/mol. The van der Waals surface area contributed by atoms with Gasteiger partial charge in [0.15, 0.2) is 5.54 Å². The van der Waals surface area contributed by atoms with Crippen molar-refractivity contribution >= 4 is 46.4 Å². The number of aromatic nitrogens is 2. The number of likely N-dealkylation sites (N-methyl/N-ethyl adjacent to an activating group) is 1. The van der Waals surface area contributed by atoms with E-state index in [9.17, 15) is 29.4 Å². The first kappa shape index (κ1) is 45.4. The Morgan fingerprint density at radius 3 is 2.55 bits per heavy atom. The number of cyclic esters (lactones) is 1. The molecule has 2 aromatic carbocycles. The summed E-state index contributed by atoms with van der Waals surface area (Å²) in [5, 5.41) is 28.7. The van der Waals surface area contributed by atoms with Gasteiger partial charge in [0.05, 0.1) is 36.1 Å². The number of hydrazine groups is 1. The summed E-state index contributed by atoms with van der Waals surface area (Å²) >= 11 is 1.43. The molecule has 3 amide bonds. The minimum atomic E-state index is -1.32. The molecule has 8 rings (SSSR count). The van der Waals surface area contributed by atoms with Gasteiger partial charge in [-0.15, -0.1) is 0 Å². The zero-order valence-corrected chi connectivity index (χ0v) is 38.8. The number of esters is 1. The molecule has 6 bridgehead atoms. The topological polar surface area (TPSA) is 176 Å². The number of benzene rings is 2. The summed E-state index contributed by atoms with van der Waals surface area (Å²) < 4.78 is 14.4. The fourth-order valence-electron chi connectivity index (χ4n) is 9.66. The fourth-order valence-corrected chi connectivity index (χ4v) is 10.4. The zero-order valence-electron chi connectivity index (χ0n) is 37.9. The molecule has 6 atom stereocenters. The number of phenolic OH excluding ortho intramolecular Hbond substituents is 1. The molecule has 2 aromatic heterocycles. The van der Waals surface area contributed by atoms with E-state index in [1.807, 2.05) is 44.4 Å². The smallest absolute Gasteiger partial charge is 0.333 e. The first-order chi connectivity index (χ1) is 30.5. The van der Waals surface area contributed by atoms with Gasteiger partial charge in [0.2, 0.25) is 11.8 Å². The van der Waals surface area contributed by atoms with Gasteiger partial charge in [-0.2, -0.15) is 0 Å². The van der Waals surface area contributed by atoms with Crippen LogP contribution in [0.5, 0.6) is 5.75 Å². The highest BCUT2D eigenvalue weighted by atomic mass is 32.2. The summed E-state index contributed by atoms with van der Waals surface area (Å²) in [7, 11) is 3.22. The molecule has 2 fully saturated rings. The molecule has 0 radical (unpaired) electrons. The standard InChI is InChI=1S/C49H60N6O8S/c1-9-54-38-14-13-30-22-34(38)36(43(54)33-12-10-16-50-41(33)28(4)62-8)24-48(5,6)26-63-47(61)49(40-25-64-40)15-11-17-55(52-49)46(60)37(20-29-18-31(30)21-32(56)19-29)51-44(58)42(27(2)3)53(7)45(59)35-23-39(35)57/h10,12-14,16,18-19,21-22,25,27-28,35,37,39,42,52,56-57H,9,11,15,17,20,23-24,26H2,1-8H3,(H,51,58)/t28-,35+,37-,39+,42-,49-/m0/s1. The van der Waals surface area contributed by atoms with Crippen LogP contribution in [0.1, 0.15) is 83.7 Å². The summed E-state index contributed by atoms with van der Waals surface area (Å²) in [6, 6.07) is 13.4. The average Bonchev–Trinajstić information content (AvgIpc) is 4.22. The van der Waals surface area contributed by atoms with Crippen LogP contribution < -0.4 is 10.7 Å². The number of aromatic hydroxyl groups is 1. The number of nitrogens with one attached hydrogen (secondary N) is 2. The highest BCUT2D eigenvalue weighted by Crippen LogP contribution is 2.48. The third-order valence-corrected chi connectivity index (χ3v) is 14.0. The number of amides is 3. The van der Waals surface area contributed by atoms with E-state index in [0.717, 1.165) is 49.4 Å². The van der Waals surface area contributed by atoms with Crippen LogP contribution in [-0.4, -0.2) is 104 Å². The lowest BCUT2D eigenvalue weighted by Crippen LogP contribution is -2.67. The second kappa shape index (κ2) is 17.6. The molecule has 15 heteroatoms. The van der Waals surface area contributed by atoms with Crippen LogP contribution in [-0.2, 0) is 48.0 Å². The second-order valence-electron chi connectivity index (χ2n) is 18.9. The predicted molar refractivity (Wildman–Crippen MR) is 245 cm³/mol. The van der Waals surface area contributed by atoms with E-state index in [0.29, 0.717) is 37.8 Å². The lowest BCUT2D eigenvalue weighted by Gasteiger charge is -2.42. The number of aliphatic hydroxyl groups is 1. The van der Waals surface area contributed by atoms with Gasteiger partial charge in [-0.3, -0.25) is 24.4 Å². The third-order valence-electron chi connectivity index (χ3n) is 13.2. The summed E-state index contributed by atoms with van der Waals surface area (Å²) in [6.07, 6.45) is 2.50. The lowest BCUT2D eigenvalue weighted by molar-refractivity contribution is -0.160. The number of thioether (sulfide) groups is 1. The van der Waals surface area contributed by atoms with Crippen molar-refractivity contribution in [3.05, 3.63) is 81.9 Å². The molecule has 0 spiro atoms. The fraction of sp³-hybridized carbons (Fsp3) is 0.490. The van der Waals surface area contributed by atoms with E-state index in [-0.39, 0.29) is 43.3 Å². The number of aryl methyl sites for hydroxylation is 1. The molecule has 14 nitrogen and oxygen atoms in total. The van der Waals surface area contributed by atoms with Crippen molar-refractivity contribution in [2.24, 2.45) is 17.3 Å². The minimum Gasteiger partial charge on any atom is -0.508 e. The predicted octanol–water partition coefficient (Wildman–Crippen LogP) is 6.27. The molecule has 1 saturated carbocycles. The van der Waals surface area contributed by atoms with Crippen LogP contribution in [0.15, 0.2) is 65.0 Å².